The number of nitrogens with zero attached hydrogens (tertiary/aromatic N) is 1. The second-order valence-electron chi connectivity index (χ2n) is 5.29. The molecule has 0 aliphatic heterocycles. The maximum Gasteiger partial charge on any atom is 0.251 e. The summed E-state index contributed by atoms with van der Waals surface area (Å²) < 4.78 is 13.6. The van der Waals surface area contributed by atoms with Crippen molar-refractivity contribution in [1.82, 2.24) is 10.2 Å². The van der Waals surface area contributed by atoms with Gasteiger partial charge in [0.05, 0.1) is 6.42 Å². The molecule has 4 nitrogen and oxygen atoms in total. The first-order chi connectivity index (χ1) is 11.0. The lowest BCUT2D eigenvalue weighted by molar-refractivity contribution is -0.129. The Morgan fingerprint density at radius 2 is 1.74 bits per heavy atom. The highest BCUT2D eigenvalue weighted by atomic mass is 19.1. The van der Waals surface area contributed by atoms with Crippen molar-refractivity contribution in [3.8, 4) is 0 Å². The predicted molar refractivity (Wildman–Crippen MR) is 86.4 cm³/mol. The lowest BCUT2D eigenvalue weighted by Gasteiger charge is -2.17. The molecule has 0 spiro atoms. The number of carbonyl (C=O) groups excluding carboxylic acids is 2. The second-order valence-corrected chi connectivity index (χ2v) is 5.29. The van der Waals surface area contributed by atoms with Crippen molar-refractivity contribution in [1.29, 1.82) is 0 Å². The number of halogens is 1. The molecule has 0 aromatic heterocycles. The molecule has 0 aliphatic carbocycles. The van der Waals surface area contributed by atoms with Crippen molar-refractivity contribution in [2.45, 2.75) is 13.0 Å². The van der Waals surface area contributed by atoms with Gasteiger partial charge >= 0.3 is 0 Å². The molecule has 2 aromatic rings. The average Bonchev–Trinajstić information content (AvgIpc) is 2.56. The summed E-state index contributed by atoms with van der Waals surface area (Å²) in [4.78, 5) is 25.2. The van der Waals surface area contributed by atoms with E-state index in [1.165, 1.54) is 6.07 Å². The highest BCUT2D eigenvalue weighted by Crippen LogP contribution is 2.11. The molecule has 5 heteroatoms. The van der Waals surface area contributed by atoms with Crippen molar-refractivity contribution in [3.05, 3.63) is 71.0 Å². The monoisotopic (exact) mass is 314 g/mol. The molecule has 2 rings (SSSR count). The Morgan fingerprint density at radius 1 is 1.09 bits per heavy atom. The van der Waals surface area contributed by atoms with Crippen LogP contribution >= 0.6 is 0 Å². The molecule has 23 heavy (non-hydrogen) atoms. The summed E-state index contributed by atoms with van der Waals surface area (Å²) in [6.45, 7) is 0.404. The third-order valence-electron chi connectivity index (χ3n) is 3.59. The van der Waals surface area contributed by atoms with E-state index in [1.807, 2.05) is 0 Å². The first-order valence-corrected chi connectivity index (χ1v) is 7.29. The maximum atomic E-state index is 13.6. The van der Waals surface area contributed by atoms with Gasteiger partial charge in [0.1, 0.15) is 5.82 Å². The van der Waals surface area contributed by atoms with Gasteiger partial charge in [-0.3, -0.25) is 9.59 Å². The Balaban J connectivity index is 1.98. The standard InChI is InChI=1S/C18H19FN2O2/c1-20-18(23)14-9-7-13(8-10-14)12-21(2)17(22)11-15-5-3-4-6-16(15)19/h3-10H,11-12H2,1-2H3,(H,20,23). The van der Waals surface area contributed by atoms with E-state index in [1.54, 1.807) is 61.5 Å². The van der Waals surface area contributed by atoms with E-state index in [0.717, 1.165) is 5.56 Å². The normalized spacial score (nSPS) is 10.2. The number of nitrogens with one attached hydrogen (secondary N) is 1. The Bertz CT molecular complexity index is 698. The molecule has 120 valence electrons. The number of benzene rings is 2. The molecule has 0 aliphatic rings. The number of likely N-dealkylation sites (N-methyl/N-ethyl adjacent to an activating group) is 1. The third-order valence-corrected chi connectivity index (χ3v) is 3.59. The van der Waals surface area contributed by atoms with Gasteiger partial charge in [-0.25, -0.2) is 4.39 Å². The molecule has 0 fully saturated rings. The van der Waals surface area contributed by atoms with Crippen molar-refractivity contribution in [2.75, 3.05) is 14.1 Å². The van der Waals surface area contributed by atoms with Gasteiger partial charge in [-0.15, -0.1) is 0 Å². The summed E-state index contributed by atoms with van der Waals surface area (Å²) >= 11 is 0. The fourth-order valence-corrected chi connectivity index (χ4v) is 2.21. The summed E-state index contributed by atoms with van der Waals surface area (Å²) in [5.74, 6) is -0.685. The van der Waals surface area contributed by atoms with E-state index in [0.29, 0.717) is 17.7 Å². The van der Waals surface area contributed by atoms with Crippen LogP contribution in [0.4, 0.5) is 4.39 Å². The van der Waals surface area contributed by atoms with Crippen molar-refractivity contribution >= 4 is 11.8 Å². The first-order valence-electron chi connectivity index (χ1n) is 7.29. The quantitative estimate of drug-likeness (QED) is 0.921. The molecule has 0 atom stereocenters. The fraction of sp³-hybridized carbons (Fsp3) is 0.222. The Morgan fingerprint density at radius 3 is 2.35 bits per heavy atom. The van der Waals surface area contributed by atoms with Crippen molar-refractivity contribution in [3.63, 3.8) is 0 Å². The van der Waals surface area contributed by atoms with Crippen LogP contribution in [-0.2, 0) is 17.8 Å². The fourth-order valence-electron chi connectivity index (χ4n) is 2.21. The molecular weight excluding hydrogens is 295 g/mol. The molecule has 0 saturated carbocycles. The second kappa shape index (κ2) is 7.54. The van der Waals surface area contributed by atoms with E-state index >= 15 is 0 Å². The molecule has 0 bridgehead atoms. The smallest absolute Gasteiger partial charge is 0.251 e. The van der Waals surface area contributed by atoms with E-state index in [-0.39, 0.29) is 24.1 Å². The Labute approximate surface area is 134 Å². The molecule has 0 saturated heterocycles. The van der Waals surface area contributed by atoms with Gasteiger partial charge in [-0.05, 0) is 29.3 Å². The lowest BCUT2D eigenvalue weighted by Crippen LogP contribution is -2.28. The van der Waals surface area contributed by atoms with Crippen LogP contribution in [0.3, 0.4) is 0 Å². The number of carbonyl (C=O) groups is 2. The number of amides is 2. The van der Waals surface area contributed by atoms with Crippen LogP contribution < -0.4 is 5.32 Å². The minimum Gasteiger partial charge on any atom is -0.355 e. The van der Waals surface area contributed by atoms with Crippen LogP contribution in [0.15, 0.2) is 48.5 Å². The maximum absolute atomic E-state index is 13.6. The lowest BCUT2D eigenvalue weighted by atomic mass is 10.1. The van der Waals surface area contributed by atoms with Gasteiger partial charge in [0, 0.05) is 26.2 Å². The number of hydrogen-bond donors (Lipinski definition) is 1. The summed E-state index contributed by atoms with van der Waals surface area (Å²) in [5, 5.41) is 2.55. The number of rotatable bonds is 5. The van der Waals surface area contributed by atoms with E-state index in [2.05, 4.69) is 5.32 Å². The van der Waals surface area contributed by atoms with Gasteiger partial charge in [0.25, 0.3) is 5.91 Å². The highest BCUT2D eigenvalue weighted by molar-refractivity contribution is 5.93. The van der Waals surface area contributed by atoms with Crippen LogP contribution in [0.5, 0.6) is 0 Å². The molecule has 2 aromatic carbocycles. The largest absolute Gasteiger partial charge is 0.355 e. The summed E-state index contributed by atoms with van der Waals surface area (Å²) in [6.07, 6.45) is 0.0273. The van der Waals surface area contributed by atoms with Gasteiger partial charge in [0.15, 0.2) is 0 Å². The number of hydrogen-bond acceptors (Lipinski definition) is 2. The molecular formula is C18H19FN2O2. The molecule has 0 unspecified atom stereocenters. The summed E-state index contributed by atoms with van der Waals surface area (Å²) in [6, 6.07) is 13.3. The van der Waals surface area contributed by atoms with E-state index in [4.69, 9.17) is 0 Å². The minimum absolute atomic E-state index is 0.0273. The summed E-state index contributed by atoms with van der Waals surface area (Å²) in [7, 11) is 3.25. The van der Waals surface area contributed by atoms with Crippen LogP contribution in [0.2, 0.25) is 0 Å². The highest BCUT2D eigenvalue weighted by Gasteiger charge is 2.13. The van der Waals surface area contributed by atoms with Crippen LogP contribution in [0, 0.1) is 5.82 Å². The van der Waals surface area contributed by atoms with Gasteiger partial charge in [0.2, 0.25) is 5.91 Å². The third kappa shape index (κ3) is 4.39. The topological polar surface area (TPSA) is 49.4 Å². The van der Waals surface area contributed by atoms with Gasteiger partial charge in [-0.2, -0.15) is 0 Å². The molecule has 0 heterocycles. The van der Waals surface area contributed by atoms with Crippen LogP contribution in [0.25, 0.3) is 0 Å². The van der Waals surface area contributed by atoms with E-state index < -0.39 is 0 Å². The first kappa shape index (κ1) is 16.7. The molecule has 2 amide bonds. The van der Waals surface area contributed by atoms with E-state index in [9.17, 15) is 14.0 Å². The average molecular weight is 314 g/mol. The van der Waals surface area contributed by atoms with Gasteiger partial charge < -0.3 is 10.2 Å². The van der Waals surface area contributed by atoms with Gasteiger partial charge in [-0.1, -0.05) is 30.3 Å². The van der Waals surface area contributed by atoms with Crippen molar-refractivity contribution < 1.29 is 14.0 Å². The predicted octanol–water partition coefficient (Wildman–Crippen LogP) is 2.39. The zero-order valence-corrected chi connectivity index (χ0v) is 13.2. The summed E-state index contributed by atoms with van der Waals surface area (Å²) in [5.41, 5.74) is 1.86. The minimum atomic E-state index is -0.371. The zero-order valence-electron chi connectivity index (χ0n) is 13.2. The zero-order chi connectivity index (χ0) is 16.8. The Hall–Kier alpha value is -2.69. The molecule has 0 radical (unpaired) electrons. The van der Waals surface area contributed by atoms with Crippen molar-refractivity contribution in [2.24, 2.45) is 0 Å². The molecule has 1 N–H and O–H groups in total. The Kier molecular flexibility index (Phi) is 5.46. The van der Waals surface area contributed by atoms with Crippen LogP contribution in [0.1, 0.15) is 21.5 Å². The van der Waals surface area contributed by atoms with Crippen LogP contribution in [-0.4, -0.2) is 30.8 Å². The SMILES string of the molecule is CNC(=O)c1ccc(CN(C)C(=O)Cc2ccccc2F)cc1.